The Morgan fingerprint density at radius 3 is 2.51 bits per heavy atom. The molecule has 0 spiro atoms. The number of anilines is 1. The number of carbonyl (C=O) groups excluding carboxylic acids is 2. The highest BCUT2D eigenvalue weighted by Gasteiger charge is 2.32. The van der Waals surface area contributed by atoms with E-state index < -0.39 is 24.3 Å². The fourth-order valence-electron chi connectivity index (χ4n) is 4.41. The quantitative estimate of drug-likeness (QED) is 0.117. The number of amides is 2. The minimum absolute atomic E-state index is 0.134. The smallest absolute Gasteiger partial charge is 0.337 e. The molecule has 12 nitrogen and oxygen atoms in total. The van der Waals surface area contributed by atoms with Crippen LogP contribution < -0.4 is 35.2 Å². The van der Waals surface area contributed by atoms with Crippen molar-refractivity contribution in [2.75, 3.05) is 45.4 Å². The molecular formula is C29H39N5O7. The number of urea groups is 1. The van der Waals surface area contributed by atoms with E-state index in [4.69, 9.17) is 18.9 Å². The first-order valence-corrected chi connectivity index (χ1v) is 13.4. The van der Waals surface area contributed by atoms with Crippen molar-refractivity contribution in [2.45, 2.75) is 40.0 Å². The van der Waals surface area contributed by atoms with Crippen molar-refractivity contribution in [2.24, 2.45) is 5.10 Å². The molecule has 2 amide bonds. The lowest BCUT2D eigenvalue weighted by Crippen LogP contribution is -2.45. The summed E-state index contributed by atoms with van der Waals surface area (Å²) in [5, 5.41) is 19.9. The highest BCUT2D eigenvalue weighted by Crippen LogP contribution is 2.35. The summed E-state index contributed by atoms with van der Waals surface area (Å²) in [6.45, 7) is 9.62. The number of esters is 1. The van der Waals surface area contributed by atoms with Crippen LogP contribution in [0.5, 0.6) is 17.2 Å². The zero-order valence-corrected chi connectivity index (χ0v) is 24.3. The zero-order valence-electron chi connectivity index (χ0n) is 24.3. The first-order valence-electron chi connectivity index (χ1n) is 13.4. The van der Waals surface area contributed by atoms with E-state index in [0.717, 1.165) is 24.3 Å². The zero-order chi connectivity index (χ0) is 29.9. The molecular weight excluding hydrogens is 530 g/mol. The minimum Gasteiger partial charge on any atom is -0.496 e. The molecule has 0 unspecified atom stereocenters. The normalized spacial score (nSPS) is 15.6. The average molecular weight is 570 g/mol. The van der Waals surface area contributed by atoms with E-state index in [1.165, 1.54) is 7.11 Å². The molecule has 222 valence electrons. The van der Waals surface area contributed by atoms with Gasteiger partial charge < -0.3 is 39.6 Å². The molecule has 0 saturated carbocycles. The molecule has 1 aliphatic heterocycles. The molecule has 0 aliphatic carbocycles. The number of ether oxygens (including phenoxy) is 4. The number of hydrogen-bond donors (Lipinski definition) is 4. The minimum atomic E-state index is -1.12. The number of carbonyl (C=O) groups is 2. The summed E-state index contributed by atoms with van der Waals surface area (Å²) in [5.41, 5.74) is 5.72. The number of aliphatic hydroxyl groups is 1. The summed E-state index contributed by atoms with van der Waals surface area (Å²) in [4.78, 5) is 26.8. The van der Waals surface area contributed by atoms with E-state index in [1.54, 1.807) is 38.4 Å². The summed E-state index contributed by atoms with van der Waals surface area (Å²) >= 11 is 0. The molecule has 4 N–H and O–H groups in total. The average Bonchev–Trinajstić information content (AvgIpc) is 2.97. The van der Waals surface area contributed by atoms with Gasteiger partial charge in [-0.1, -0.05) is 6.07 Å². The molecule has 0 radical (unpaired) electrons. The summed E-state index contributed by atoms with van der Waals surface area (Å²) < 4.78 is 22.0. The van der Waals surface area contributed by atoms with Crippen molar-refractivity contribution in [3.63, 3.8) is 0 Å². The molecule has 2 atom stereocenters. The third kappa shape index (κ3) is 7.82. The van der Waals surface area contributed by atoms with Gasteiger partial charge in [-0.2, -0.15) is 5.10 Å². The van der Waals surface area contributed by atoms with Crippen molar-refractivity contribution in [3.8, 4) is 17.2 Å². The predicted molar refractivity (Wildman–Crippen MR) is 156 cm³/mol. The summed E-state index contributed by atoms with van der Waals surface area (Å²) in [5.74, 6) is 0.853. The SMILES string of the molecule is CCOc1cc([C@H]2NC(=O)NC(C)=C2C(=O)OC)ccc1OC[C@@H](O)N/N=C\c1ccc(N(CC)CC)cc1OC. The molecule has 1 heterocycles. The molecule has 2 aromatic carbocycles. The third-order valence-electron chi connectivity index (χ3n) is 6.44. The lowest BCUT2D eigenvalue weighted by atomic mass is 9.95. The molecule has 2 aromatic rings. The number of allylic oxidation sites excluding steroid dienone is 1. The molecule has 0 aromatic heterocycles. The summed E-state index contributed by atoms with van der Waals surface area (Å²) in [6, 6.07) is 9.70. The highest BCUT2D eigenvalue weighted by molar-refractivity contribution is 5.95. The molecule has 1 aliphatic rings. The summed E-state index contributed by atoms with van der Waals surface area (Å²) in [6.07, 6.45) is 0.442. The molecule has 0 saturated heterocycles. The summed E-state index contributed by atoms with van der Waals surface area (Å²) in [7, 11) is 2.88. The third-order valence-corrected chi connectivity index (χ3v) is 6.44. The topological polar surface area (TPSA) is 143 Å². The van der Waals surface area contributed by atoms with Crippen LogP contribution in [0.4, 0.5) is 10.5 Å². The second-order valence-corrected chi connectivity index (χ2v) is 9.01. The van der Waals surface area contributed by atoms with Crippen molar-refractivity contribution >= 4 is 23.9 Å². The van der Waals surface area contributed by atoms with Crippen LogP contribution in [-0.4, -0.2) is 70.1 Å². The molecule has 12 heteroatoms. The van der Waals surface area contributed by atoms with E-state index >= 15 is 0 Å². The van der Waals surface area contributed by atoms with Gasteiger partial charge in [0.05, 0.1) is 38.7 Å². The number of nitrogens with one attached hydrogen (secondary N) is 3. The van der Waals surface area contributed by atoms with Crippen molar-refractivity contribution in [3.05, 3.63) is 58.8 Å². The van der Waals surface area contributed by atoms with E-state index in [2.05, 4.69) is 39.9 Å². The Kier molecular flexibility index (Phi) is 11.2. The number of aliphatic hydroxyl groups excluding tert-OH is 1. The van der Waals surface area contributed by atoms with Gasteiger partial charge in [0, 0.05) is 36.1 Å². The van der Waals surface area contributed by atoms with Crippen molar-refractivity contribution < 1.29 is 33.6 Å². The van der Waals surface area contributed by atoms with Gasteiger partial charge in [-0.25, -0.2) is 9.59 Å². The van der Waals surface area contributed by atoms with Crippen LogP contribution in [-0.2, 0) is 9.53 Å². The highest BCUT2D eigenvalue weighted by atomic mass is 16.5. The standard InChI is InChI=1S/C29H39N5O7/c1-7-34(8-2)21-12-10-20(23(15-21)38-5)16-30-33-25(35)17-41-22-13-11-19(14-24(22)40-9-3)27-26(28(36)39-6)18(4)31-29(37)32-27/h10-16,25,27,33,35H,7-9,17H2,1-6H3,(H2,31,32,37)/b30-16-/t25-,27-/m1/s1. The van der Waals surface area contributed by atoms with Crippen LogP contribution in [0.1, 0.15) is 44.9 Å². The Morgan fingerprint density at radius 1 is 1.10 bits per heavy atom. The van der Waals surface area contributed by atoms with Gasteiger partial charge in [-0.15, -0.1) is 0 Å². The maximum absolute atomic E-state index is 12.4. The first-order chi connectivity index (χ1) is 19.8. The number of hydrazone groups is 1. The van der Waals surface area contributed by atoms with Crippen LogP contribution >= 0.6 is 0 Å². The van der Waals surface area contributed by atoms with Gasteiger partial charge in [-0.05, 0) is 57.5 Å². The lowest BCUT2D eigenvalue weighted by Gasteiger charge is -2.28. The maximum Gasteiger partial charge on any atom is 0.337 e. The van der Waals surface area contributed by atoms with E-state index in [-0.39, 0.29) is 12.2 Å². The van der Waals surface area contributed by atoms with Crippen molar-refractivity contribution in [1.29, 1.82) is 0 Å². The Balaban J connectivity index is 1.69. The van der Waals surface area contributed by atoms with Crippen LogP contribution in [0.15, 0.2) is 52.8 Å². The van der Waals surface area contributed by atoms with Gasteiger partial charge in [-0.3, -0.25) is 5.43 Å². The van der Waals surface area contributed by atoms with Crippen LogP contribution in [0.2, 0.25) is 0 Å². The Morgan fingerprint density at radius 2 is 1.85 bits per heavy atom. The van der Waals surface area contributed by atoms with E-state index in [9.17, 15) is 14.7 Å². The van der Waals surface area contributed by atoms with Crippen molar-refractivity contribution in [1.82, 2.24) is 16.1 Å². The molecule has 41 heavy (non-hydrogen) atoms. The van der Waals surface area contributed by atoms with Gasteiger partial charge in [0.15, 0.2) is 17.7 Å². The number of nitrogens with zero attached hydrogens (tertiary/aromatic N) is 2. The van der Waals surface area contributed by atoms with Crippen LogP contribution in [0, 0.1) is 0 Å². The largest absolute Gasteiger partial charge is 0.496 e. The Labute approximate surface area is 240 Å². The Bertz CT molecular complexity index is 1280. The predicted octanol–water partition coefficient (Wildman–Crippen LogP) is 3.06. The number of hydrogen-bond acceptors (Lipinski definition) is 10. The molecule has 0 fully saturated rings. The number of benzene rings is 2. The maximum atomic E-state index is 12.4. The molecule has 0 bridgehead atoms. The fourth-order valence-corrected chi connectivity index (χ4v) is 4.41. The molecule has 3 rings (SSSR count). The van der Waals surface area contributed by atoms with E-state index in [0.29, 0.717) is 35.1 Å². The number of rotatable bonds is 14. The van der Waals surface area contributed by atoms with Crippen LogP contribution in [0.25, 0.3) is 0 Å². The van der Waals surface area contributed by atoms with Gasteiger partial charge in [0.1, 0.15) is 12.4 Å². The number of methoxy groups -OCH3 is 2. The monoisotopic (exact) mass is 569 g/mol. The Hall–Kier alpha value is -4.45. The second kappa shape index (κ2) is 14.8. The van der Waals surface area contributed by atoms with Gasteiger partial charge in [0.2, 0.25) is 0 Å². The first kappa shape index (κ1) is 31.1. The van der Waals surface area contributed by atoms with E-state index in [1.807, 2.05) is 25.1 Å². The fraction of sp³-hybridized carbons (Fsp3) is 0.414. The van der Waals surface area contributed by atoms with Gasteiger partial charge in [0.25, 0.3) is 0 Å². The van der Waals surface area contributed by atoms with Gasteiger partial charge >= 0.3 is 12.0 Å². The lowest BCUT2D eigenvalue weighted by molar-refractivity contribution is -0.136. The van der Waals surface area contributed by atoms with Crippen LogP contribution in [0.3, 0.4) is 0 Å². The second-order valence-electron chi connectivity index (χ2n) is 9.01.